The van der Waals surface area contributed by atoms with E-state index in [-0.39, 0.29) is 5.91 Å². The molecule has 0 aliphatic carbocycles. The molecule has 96 valence electrons. The summed E-state index contributed by atoms with van der Waals surface area (Å²) in [6, 6.07) is 0. The molecule has 5 heteroatoms. The van der Waals surface area contributed by atoms with Gasteiger partial charge in [0.1, 0.15) is 0 Å². The molecule has 0 atom stereocenters. The molecule has 0 unspecified atom stereocenters. The monoisotopic (exact) mass is 255 g/mol. The Kier molecular flexibility index (Phi) is 5.08. The first-order valence-electron chi connectivity index (χ1n) is 5.90. The molecule has 0 aliphatic rings. The summed E-state index contributed by atoms with van der Waals surface area (Å²) < 4.78 is 0. The van der Waals surface area contributed by atoms with Crippen LogP contribution in [0.15, 0.2) is 5.38 Å². The maximum absolute atomic E-state index is 11.9. The molecule has 0 aromatic carbocycles. The first-order valence-corrected chi connectivity index (χ1v) is 6.78. The van der Waals surface area contributed by atoms with Crippen molar-refractivity contribution in [3.63, 3.8) is 0 Å². The molecule has 0 radical (unpaired) electrons. The Balaban J connectivity index is 2.33. The van der Waals surface area contributed by atoms with Crippen LogP contribution in [0.25, 0.3) is 0 Å². The van der Waals surface area contributed by atoms with E-state index in [9.17, 15) is 4.79 Å². The van der Waals surface area contributed by atoms with E-state index in [4.69, 9.17) is 0 Å². The quantitative estimate of drug-likeness (QED) is 0.810. The molecule has 1 heterocycles. The number of amides is 1. The van der Waals surface area contributed by atoms with E-state index in [2.05, 4.69) is 15.6 Å². The number of nitrogens with one attached hydrogen (secondary N) is 2. The van der Waals surface area contributed by atoms with Gasteiger partial charge in [-0.25, -0.2) is 4.98 Å². The van der Waals surface area contributed by atoms with Gasteiger partial charge in [0.05, 0.1) is 16.2 Å². The Morgan fingerprint density at radius 1 is 1.53 bits per heavy atom. The van der Waals surface area contributed by atoms with Gasteiger partial charge in [-0.05, 0) is 27.3 Å². The van der Waals surface area contributed by atoms with Crippen LogP contribution in [-0.4, -0.2) is 29.5 Å². The van der Waals surface area contributed by atoms with Crippen LogP contribution in [0.1, 0.15) is 31.5 Å². The van der Waals surface area contributed by atoms with Gasteiger partial charge in [-0.3, -0.25) is 4.79 Å². The topological polar surface area (TPSA) is 54.0 Å². The Bertz CT molecular complexity index is 374. The molecule has 0 bridgehead atoms. The highest BCUT2D eigenvalue weighted by Crippen LogP contribution is 2.08. The molecular weight excluding hydrogens is 234 g/mol. The van der Waals surface area contributed by atoms with Gasteiger partial charge in [-0.1, -0.05) is 6.92 Å². The highest BCUT2D eigenvalue weighted by Gasteiger charge is 2.25. The van der Waals surface area contributed by atoms with E-state index >= 15 is 0 Å². The molecule has 1 rings (SSSR count). The molecule has 17 heavy (non-hydrogen) atoms. The van der Waals surface area contributed by atoms with Gasteiger partial charge in [-0.2, -0.15) is 0 Å². The number of carbonyl (C=O) groups is 1. The van der Waals surface area contributed by atoms with Crippen molar-refractivity contribution >= 4 is 17.2 Å². The normalized spacial score (nSPS) is 11.5. The van der Waals surface area contributed by atoms with E-state index in [1.54, 1.807) is 11.3 Å². The molecular formula is C12H21N3OS. The van der Waals surface area contributed by atoms with Crippen LogP contribution in [0.2, 0.25) is 0 Å². The lowest BCUT2D eigenvalue weighted by Gasteiger charge is -2.24. The second-order valence-electron chi connectivity index (χ2n) is 4.52. The van der Waals surface area contributed by atoms with Gasteiger partial charge >= 0.3 is 0 Å². The third kappa shape index (κ3) is 4.44. The lowest BCUT2D eigenvalue weighted by Crippen LogP contribution is -2.52. The fourth-order valence-corrected chi connectivity index (χ4v) is 2.22. The number of thiazole rings is 1. The molecule has 0 fully saturated rings. The summed E-state index contributed by atoms with van der Waals surface area (Å²) >= 11 is 1.64. The average molecular weight is 255 g/mol. The summed E-state index contributed by atoms with van der Waals surface area (Å²) in [6.07, 6.45) is 0.790. The van der Waals surface area contributed by atoms with Crippen molar-refractivity contribution in [1.82, 2.24) is 15.6 Å². The average Bonchev–Trinajstić information content (AvgIpc) is 2.64. The van der Waals surface area contributed by atoms with Crippen LogP contribution in [-0.2, 0) is 11.2 Å². The summed E-state index contributed by atoms with van der Waals surface area (Å²) in [4.78, 5) is 16.2. The molecule has 0 saturated carbocycles. The molecule has 0 spiro atoms. The third-order valence-electron chi connectivity index (χ3n) is 2.52. The fourth-order valence-electron chi connectivity index (χ4n) is 1.57. The van der Waals surface area contributed by atoms with E-state index in [1.807, 2.05) is 33.1 Å². The molecule has 1 aromatic rings. The molecule has 0 aliphatic heterocycles. The van der Waals surface area contributed by atoms with Gasteiger partial charge in [0.2, 0.25) is 5.91 Å². The number of aromatic nitrogens is 1. The molecule has 4 nitrogen and oxygen atoms in total. The lowest BCUT2D eigenvalue weighted by molar-refractivity contribution is -0.126. The summed E-state index contributed by atoms with van der Waals surface area (Å²) in [7, 11) is 0. The molecule has 1 aromatic heterocycles. The highest BCUT2D eigenvalue weighted by molar-refractivity contribution is 7.09. The molecule has 0 saturated heterocycles. The maximum Gasteiger partial charge on any atom is 0.239 e. The van der Waals surface area contributed by atoms with Crippen LogP contribution >= 0.6 is 11.3 Å². The number of carbonyl (C=O) groups excluding carboxylic acids is 1. The number of rotatable bonds is 6. The van der Waals surface area contributed by atoms with Crippen molar-refractivity contribution in [2.75, 3.05) is 13.1 Å². The minimum absolute atomic E-state index is 0.0336. The van der Waals surface area contributed by atoms with Crippen molar-refractivity contribution in [2.45, 2.75) is 39.7 Å². The standard InChI is InChI=1S/C12H21N3OS/c1-5-14-12(3,4)11(16)13-7-6-10-8-17-9(2)15-10/h8,14H,5-7H2,1-4H3,(H,13,16). The number of nitrogens with zero attached hydrogens (tertiary/aromatic N) is 1. The summed E-state index contributed by atoms with van der Waals surface area (Å²) in [6.45, 7) is 9.17. The van der Waals surface area contributed by atoms with Crippen LogP contribution < -0.4 is 10.6 Å². The Hall–Kier alpha value is -0.940. The fraction of sp³-hybridized carbons (Fsp3) is 0.667. The van der Waals surface area contributed by atoms with Crippen molar-refractivity contribution in [2.24, 2.45) is 0 Å². The van der Waals surface area contributed by atoms with E-state index < -0.39 is 5.54 Å². The number of aryl methyl sites for hydroxylation is 1. The van der Waals surface area contributed by atoms with E-state index in [0.29, 0.717) is 6.54 Å². The number of hydrogen-bond acceptors (Lipinski definition) is 4. The zero-order valence-corrected chi connectivity index (χ0v) is 11.8. The lowest BCUT2D eigenvalue weighted by atomic mass is 10.0. The zero-order valence-electron chi connectivity index (χ0n) is 11.0. The van der Waals surface area contributed by atoms with Crippen molar-refractivity contribution in [3.05, 3.63) is 16.1 Å². The Labute approximate surface area is 107 Å². The van der Waals surface area contributed by atoms with Crippen molar-refractivity contribution in [3.8, 4) is 0 Å². The van der Waals surface area contributed by atoms with E-state index in [0.717, 1.165) is 23.7 Å². The Morgan fingerprint density at radius 2 is 2.24 bits per heavy atom. The molecule has 2 N–H and O–H groups in total. The van der Waals surface area contributed by atoms with Crippen LogP contribution in [0.5, 0.6) is 0 Å². The van der Waals surface area contributed by atoms with Crippen LogP contribution in [0, 0.1) is 6.92 Å². The third-order valence-corrected chi connectivity index (χ3v) is 3.34. The predicted octanol–water partition coefficient (Wildman–Crippen LogP) is 1.50. The van der Waals surface area contributed by atoms with Gasteiger partial charge < -0.3 is 10.6 Å². The zero-order chi connectivity index (χ0) is 12.9. The van der Waals surface area contributed by atoms with Crippen LogP contribution in [0.4, 0.5) is 0 Å². The first kappa shape index (κ1) is 14.1. The van der Waals surface area contributed by atoms with Gasteiger partial charge in [0.25, 0.3) is 0 Å². The Morgan fingerprint density at radius 3 is 2.76 bits per heavy atom. The minimum atomic E-state index is -0.507. The molecule has 1 amide bonds. The van der Waals surface area contributed by atoms with Crippen molar-refractivity contribution in [1.29, 1.82) is 0 Å². The summed E-state index contributed by atoms with van der Waals surface area (Å²) in [5.74, 6) is 0.0336. The second-order valence-corrected chi connectivity index (χ2v) is 5.58. The van der Waals surface area contributed by atoms with Gasteiger partial charge in [0.15, 0.2) is 0 Å². The van der Waals surface area contributed by atoms with Gasteiger partial charge in [-0.15, -0.1) is 11.3 Å². The minimum Gasteiger partial charge on any atom is -0.354 e. The van der Waals surface area contributed by atoms with Gasteiger partial charge in [0, 0.05) is 18.3 Å². The predicted molar refractivity (Wildman–Crippen MR) is 71.3 cm³/mol. The summed E-state index contributed by atoms with van der Waals surface area (Å²) in [5, 5.41) is 9.18. The van der Waals surface area contributed by atoms with Crippen molar-refractivity contribution < 1.29 is 4.79 Å². The van der Waals surface area contributed by atoms with Crippen LogP contribution in [0.3, 0.4) is 0 Å². The van der Waals surface area contributed by atoms with E-state index in [1.165, 1.54) is 0 Å². The number of hydrogen-bond donors (Lipinski definition) is 2. The highest BCUT2D eigenvalue weighted by atomic mass is 32.1. The SMILES string of the molecule is CCNC(C)(C)C(=O)NCCc1csc(C)n1. The summed E-state index contributed by atoms with van der Waals surface area (Å²) in [5.41, 5.74) is 0.543. The first-order chi connectivity index (χ1) is 7.95. The largest absolute Gasteiger partial charge is 0.354 e. The smallest absolute Gasteiger partial charge is 0.239 e. The maximum atomic E-state index is 11.9. The second kappa shape index (κ2) is 6.12. The number of likely N-dealkylation sites (N-methyl/N-ethyl adjacent to an activating group) is 1.